The maximum absolute atomic E-state index is 11.3. The van der Waals surface area contributed by atoms with Crippen LogP contribution in [0.3, 0.4) is 0 Å². The number of hydrogen-bond donors (Lipinski definition) is 0. The van der Waals surface area contributed by atoms with Crippen molar-refractivity contribution in [2.45, 2.75) is 13.5 Å². The number of ketones is 1. The highest BCUT2D eigenvalue weighted by atomic mass is 16.1. The molecule has 94 valence electrons. The summed E-state index contributed by atoms with van der Waals surface area (Å²) < 4.78 is 1.96. The lowest BCUT2D eigenvalue weighted by Crippen LogP contribution is -2.20. The standard InChI is InChI=1S/C13H16N4O/c1-10(18)11-4-5-14-12(8-11)17(3)9-13-15-6-7-16(13)2/h4-8H,9H2,1-3H3. The fourth-order valence-corrected chi connectivity index (χ4v) is 1.69. The van der Waals surface area contributed by atoms with Crippen LogP contribution in [0.25, 0.3) is 0 Å². The molecule has 2 heterocycles. The molecule has 0 aliphatic rings. The maximum Gasteiger partial charge on any atom is 0.159 e. The van der Waals surface area contributed by atoms with Crippen LogP contribution in [0.4, 0.5) is 5.82 Å². The Morgan fingerprint density at radius 3 is 2.78 bits per heavy atom. The molecule has 2 aromatic rings. The maximum atomic E-state index is 11.3. The second-order valence-electron chi connectivity index (χ2n) is 4.27. The molecule has 0 amide bonds. The molecule has 0 fully saturated rings. The Bertz CT molecular complexity index is 562. The molecule has 5 heteroatoms. The number of hydrogen-bond acceptors (Lipinski definition) is 4. The summed E-state index contributed by atoms with van der Waals surface area (Å²) in [7, 11) is 3.89. The van der Waals surface area contributed by atoms with Gasteiger partial charge >= 0.3 is 0 Å². The third-order valence-corrected chi connectivity index (χ3v) is 2.84. The van der Waals surface area contributed by atoms with Crippen LogP contribution in [0.15, 0.2) is 30.7 Å². The van der Waals surface area contributed by atoms with Crippen molar-refractivity contribution in [3.63, 3.8) is 0 Å². The van der Waals surface area contributed by atoms with Gasteiger partial charge in [0.15, 0.2) is 5.78 Å². The van der Waals surface area contributed by atoms with Crippen molar-refractivity contribution < 1.29 is 4.79 Å². The van der Waals surface area contributed by atoms with Gasteiger partial charge in [0.05, 0.1) is 6.54 Å². The van der Waals surface area contributed by atoms with E-state index in [1.54, 1.807) is 31.5 Å². The zero-order valence-corrected chi connectivity index (χ0v) is 10.8. The SMILES string of the molecule is CC(=O)c1ccnc(N(C)Cc2nccn2C)c1. The largest absolute Gasteiger partial charge is 0.352 e. The first-order chi connectivity index (χ1) is 8.58. The smallest absolute Gasteiger partial charge is 0.159 e. The van der Waals surface area contributed by atoms with Crippen LogP contribution >= 0.6 is 0 Å². The number of rotatable bonds is 4. The van der Waals surface area contributed by atoms with Gasteiger partial charge in [-0.25, -0.2) is 9.97 Å². The molecule has 0 aliphatic heterocycles. The molecule has 0 unspecified atom stereocenters. The van der Waals surface area contributed by atoms with Crippen molar-refractivity contribution in [1.29, 1.82) is 0 Å². The third-order valence-electron chi connectivity index (χ3n) is 2.84. The molecule has 18 heavy (non-hydrogen) atoms. The highest BCUT2D eigenvalue weighted by molar-refractivity contribution is 5.94. The molecule has 0 atom stereocenters. The topological polar surface area (TPSA) is 51.0 Å². The van der Waals surface area contributed by atoms with E-state index in [4.69, 9.17) is 0 Å². The van der Waals surface area contributed by atoms with E-state index in [1.165, 1.54) is 0 Å². The zero-order chi connectivity index (χ0) is 13.1. The lowest BCUT2D eigenvalue weighted by atomic mass is 10.2. The number of aryl methyl sites for hydroxylation is 1. The number of Topliss-reactive ketones (excluding diaryl/α,β-unsaturated/α-hetero) is 1. The average Bonchev–Trinajstić information content (AvgIpc) is 2.75. The van der Waals surface area contributed by atoms with Crippen molar-refractivity contribution in [3.8, 4) is 0 Å². The Hall–Kier alpha value is -2.17. The number of carbonyl (C=O) groups excluding carboxylic acids is 1. The first-order valence-corrected chi connectivity index (χ1v) is 5.72. The minimum atomic E-state index is 0.0454. The van der Waals surface area contributed by atoms with Crippen molar-refractivity contribution >= 4 is 11.6 Å². The van der Waals surface area contributed by atoms with Gasteiger partial charge in [-0.3, -0.25) is 4.79 Å². The van der Waals surface area contributed by atoms with Crippen LogP contribution in [0.1, 0.15) is 23.1 Å². The predicted molar refractivity (Wildman–Crippen MR) is 69.6 cm³/mol. The third kappa shape index (κ3) is 2.56. The molecule has 0 aliphatic carbocycles. The minimum Gasteiger partial charge on any atom is -0.352 e. The van der Waals surface area contributed by atoms with Gasteiger partial charge in [0.1, 0.15) is 11.6 Å². The van der Waals surface area contributed by atoms with Gasteiger partial charge in [-0.15, -0.1) is 0 Å². The summed E-state index contributed by atoms with van der Waals surface area (Å²) in [6.45, 7) is 2.20. The van der Waals surface area contributed by atoms with Gasteiger partial charge in [0.25, 0.3) is 0 Å². The molecule has 5 nitrogen and oxygen atoms in total. The lowest BCUT2D eigenvalue weighted by Gasteiger charge is -2.18. The summed E-state index contributed by atoms with van der Waals surface area (Å²) in [6, 6.07) is 3.52. The van der Waals surface area contributed by atoms with E-state index >= 15 is 0 Å². The van der Waals surface area contributed by atoms with Gasteiger partial charge in [-0.2, -0.15) is 0 Å². The fourth-order valence-electron chi connectivity index (χ4n) is 1.69. The molecule has 0 radical (unpaired) electrons. The molecule has 0 saturated heterocycles. The van der Waals surface area contributed by atoms with Crippen LogP contribution in [-0.2, 0) is 13.6 Å². The summed E-state index contributed by atoms with van der Waals surface area (Å²) in [6.07, 6.45) is 5.33. The van der Waals surface area contributed by atoms with Crippen molar-refractivity contribution in [2.24, 2.45) is 7.05 Å². The van der Waals surface area contributed by atoms with Crippen molar-refractivity contribution in [1.82, 2.24) is 14.5 Å². The molecule has 2 rings (SSSR count). The van der Waals surface area contributed by atoms with Gasteiger partial charge in [0, 0.05) is 38.2 Å². The molecule has 0 bridgehead atoms. The van der Waals surface area contributed by atoms with E-state index in [1.807, 2.05) is 29.8 Å². The van der Waals surface area contributed by atoms with Crippen LogP contribution in [0.5, 0.6) is 0 Å². The Kier molecular flexibility index (Phi) is 3.41. The van der Waals surface area contributed by atoms with Crippen LogP contribution < -0.4 is 4.90 Å². The monoisotopic (exact) mass is 244 g/mol. The fraction of sp³-hybridized carbons (Fsp3) is 0.308. The predicted octanol–water partition coefficient (Wildman–Crippen LogP) is 1.65. The summed E-state index contributed by atoms with van der Waals surface area (Å²) in [5.74, 6) is 1.77. The molecule has 2 aromatic heterocycles. The molecule has 0 spiro atoms. The van der Waals surface area contributed by atoms with Crippen LogP contribution in [0, 0.1) is 0 Å². The molecule has 0 N–H and O–H groups in total. The van der Waals surface area contributed by atoms with E-state index < -0.39 is 0 Å². The second kappa shape index (κ2) is 5.00. The van der Waals surface area contributed by atoms with Crippen LogP contribution in [-0.4, -0.2) is 27.4 Å². The highest BCUT2D eigenvalue weighted by Gasteiger charge is 2.08. The quantitative estimate of drug-likeness (QED) is 0.767. The number of nitrogens with zero attached hydrogens (tertiary/aromatic N) is 4. The number of imidazole rings is 1. The number of aromatic nitrogens is 3. The van der Waals surface area contributed by atoms with E-state index in [0.717, 1.165) is 11.6 Å². The van der Waals surface area contributed by atoms with Gasteiger partial charge in [-0.05, 0) is 19.1 Å². The Morgan fingerprint density at radius 1 is 1.39 bits per heavy atom. The number of carbonyl (C=O) groups is 1. The van der Waals surface area contributed by atoms with Gasteiger partial charge in [0.2, 0.25) is 0 Å². The Morgan fingerprint density at radius 2 is 2.17 bits per heavy atom. The lowest BCUT2D eigenvalue weighted by molar-refractivity contribution is 0.101. The Labute approximate surface area is 106 Å². The molecule has 0 aromatic carbocycles. The number of anilines is 1. The van der Waals surface area contributed by atoms with Crippen LogP contribution in [0.2, 0.25) is 0 Å². The molecular formula is C13H16N4O. The number of pyridine rings is 1. The first kappa shape index (κ1) is 12.3. The van der Waals surface area contributed by atoms with E-state index in [9.17, 15) is 4.79 Å². The molecule has 0 saturated carbocycles. The summed E-state index contributed by atoms with van der Waals surface area (Å²) in [4.78, 5) is 21.8. The van der Waals surface area contributed by atoms with Gasteiger partial charge in [-0.1, -0.05) is 0 Å². The first-order valence-electron chi connectivity index (χ1n) is 5.72. The summed E-state index contributed by atoms with van der Waals surface area (Å²) in [5, 5.41) is 0. The summed E-state index contributed by atoms with van der Waals surface area (Å²) >= 11 is 0. The van der Waals surface area contributed by atoms with Crippen molar-refractivity contribution in [2.75, 3.05) is 11.9 Å². The average molecular weight is 244 g/mol. The van der Waals surface area contributed by atoms with E-state index in [-0.39, 0.29) is 5.78 Å². The zero-order valence-electron chi connectivity index (χ0n) is 10.8. The normalized spacial score (nSPS) is 10.4. The van der Waals surface area contributed by atoms with Crippen molar-refractivity contribution in [3.05, 3.63) is 42.1 Å². The highest BCUT2D eigenvalue weighted by Crippen LogP contribution is 2.13. The Balaban J connectivity index is 2.18. The molecular weight excluding hydrogens is 228 g/mol. The van der Waals surface area contributed by atoms with Gasteiger partial charge < -0.3 is 9.47 Å². The second-order valence-corrected chi connectivity index (χ2v) is 4.27. The van der Waals surface area contributed by atoms with E-state index in [0.29, 0.717) is 12.1 Å². The minimum absolute atomic E-state index is 0.0454. The summed E-state index contributed by atoms with van der Waals surface area (Å²) in [5.41, 5.74) is 0.673. The van der Waals surface area contributed by atoms with E-state index in [2.05, 4.69) is 9.97 Å².